The van der Waals surface area contributed by atoms with Crippen LogP contribution in [-0.4, -0.2) is 41.5 Å². The molecule has 2 heterocycles. The predicted octanol–water partition coefficient (Wildman–Crippen LogP) is 1.61. The Morgan fingerprint density at radius 3 is 2.83 bits per heavy atom. The summed E-state index contributed by atoms with van der Waals surface area (Å²) in [6, 6.07) is 8.98. The van der Waals surface area contributed by atoms with Crippen molar-refractivity contribution in [2.75, 3.05) is 12.3 Å². The van der Waals surface area contributed by atoms with Crippen LogP contribution in [0.1, 0.15) is 31.4 Å². The lowest BCUT2D eigenvalue weighted by atomic mass is 10.1. The van der Waals surface area contributed by atoms with Crippen molar-refractivity contribution in [3.63, 3.8) is 0 Å². The van der Waals surface area contributed by atoms with Crippen LogP contribution in [0.25, 0.3) is 0 Å². The lowest BCUT2D eigenvalue weighted by molar-refractivity contribution is 0.359. The average Bonchev–Trinajstić information content (AvgIpc) is 3.02. The lowest BCUT2D eigenvalue weighted by Gasteiger charge is -2.23. The van der Waals surface area contributed by atoms with Crippen molar-refractivity contribution in [2.45, 2.75) is 50.1 Å². The van der Waals surface area contributed by atoms with Gasteiger partial charge in [0, 0.05) is 18.9 Å². The van der Waals surface area contributed by atoms with E-state index in [1.165, 1.54) is 0 Å². The zero-order valence-corrected chi connectivity index (χ0v) is 14.8. The molecule has 1 atom stereocenters. The maximum atomic E-state index is 12.2. The van der Waals surface area contributed by atoms with Crippen molar-refractivity contribution in [3.05, 3.63) is 42.0 Å². The number of sulfone groups is 1. The third-order valence-electron chi connectivity index (χ3n) is 4.34. The van der Waals surface area contributed by atoms with Crippen molar-refractivity contribution in [1.29, 1.82) is 0 Å². The lowest BCUT2D eigenvalue weighted by Crippen LogP contribution is -2.38. The molecule has 0 spiro atoms. The van der Waals surface area contributed by atoms with Gasteiger partial charge in [0.1, 0.15) is 5.82 Å². The maximum Gasteiger partial charge on any atom is 0.178 e. The van der Waals surface area contributed by atoms with Gasteiger partial charge in [-0.05, 0) is 31.5 Å². The normalized spacial score (nSPS) is 17.6. The van der Waals surface area contributed by atoms with Gasteiger partial charge >= 0.3 is 0 Å². The zero-order valence-electron chi connectivity index (χ0n) is 14.0. The number of nitrogens with zero attached hydrogens (tertiary/aromatic N) is 3. The molecule has 1 aliphatic heterocycles. The van der Waals surface area contributed by atoms with Crippen LogP contribution in [-0.2, 0) is 29.2 Å². The minimum absolute atomic E-state index is 0.172. The summed E-state index contributed by atoms with van der Waals surface area (Å²) in [5.74, 6) is 2.14. The highest BCUT2D eigenvalue weighted by Crippen LogP contribution is 2.14. The summed E-state index contributed by atoms with van der Waals surface area (Å²) < 4.78 is 26.5. The molecule has 1 aliphatic rings. The van der Waals surface area contributed by atoms with Crippen LogP contribution >= 0.6 is 0 Å². The molecule has 0 saturated heterocycles. The molecule has 0 saturated carbocycles. The van der Waals surface area contributed by atoms with Crippen LogP contribution in [0.15, 0.2) is 35.2 Å². The van der Waals surface area contributed by atoms with E-state index in [1.54, 1.807) is 24.3 Å². The number of fused-ring (bicyclic) bond motifs is 1. The van der Waals surface area contributed by atoms with E-state index in [1.807, 2.05) is 10.7 Å². The molecule has 1 aromatic carbocycles. The smallest absolute Gasteiger partial charge is 0.178 e. The van der Waals surface area contributed by atoms with Gasteiger partial charge in [-0.3, -0.25) is 0 Å². The van der Waals surface area contributed by atoms with E-state index in [0.29, 0.717) is 23.9 Å². The number of hydrogen-bond acceptors (Lipinski definition) is 5. The van der Waals surface area contributed by atoms with Gasteiger partial charge in [-0.25, -0.2) is 18.1 Å². The van der Waals surface area contributed by atoms with Crippen molar-refractivity contribution in [2.24, 2.45) is 0 Å². The zero-order chi connectivity index (χ0) is 17.0. The van der Waals surface area contributed by atoms with E-state index >= 15 is 0 Å². The Bertz CT molecular complexity index is 771. The highest BCUT2D eigenvalue weighted by Gasteiger charge is 2.21. The van der Waals surface area contributed by atoms with Crippen LogP contribution in [0.2, 0.25) is 0 Å². The van der Waals surface area contributed by atoms with Gasteiger partial charge in [0.15, 0.2) is 15.7 Å². The van der Waals surface area contributed by atoms with Crippen LogP contribution in [0, 0.1) is 0 Å². The van der Waals surface area contributed by atoms with E-state index in [9.17, 15) is 8.42 Å². The van der Waals surface area contributed by atoms with Gasteiger partial charge in [-0.2, -0.15) is 5.10 Å². The van der Waals surface area contributed by atoms with Gasteiger partial charge in [0.2, 0.25) is 0 Å². The second kappa shape index (κ2) is 7.44. The first-order valence-electron chi connectivity index (χ1n) is 8.52. The molecule has 0 bridgehead atoms. The molecule has 7 heteroatoms. The molecule has 0 radical (unpaired) electrons. The highest BCUT2D eigenvalue weighted by atomic mass is 32.2. The van der Waals surface area contributed by atoms with E-state index in [4.69, 9.17) is 0 Å². The first-order chi connectivity index (χ1) is 11.6. The van der Waals surface area contributed by atoms with E-state index in [2.05, 4.69) is 22.3 Å². The van der Waals surface area contributed by atoms with E-state index in [-0.39, 0.29) is 5.75 Å². The van der Waals surface area contributed by atoms with Crippen LogP contribution in [0.5, 0.6) is 0 Å². The molecule has 24 heavy (non-hydrogen) atoms. The summed E-state index contributed by atoms with van der Waals surface area (Å²) >= 11 is 0. The summed E-state index contributed by atoms with van der Waals surface area (Å²) in [6.45, 7) is 3.57. The summed E-state index contributed by atoms with van der Waals surface area (Å²) in [7, 11) is -3.18. The SMILES string of the molecule is CCc1nc2n(n1)CC(NCCCS(=O)(=O)c1ccccc1)CC2. The Hall–Kier alpha value is -1.73. The molecule has 1 N–H and O–H groups in total. The molecular formula is C17H24N4O2S. The first kappa shape index (κ1) is 17.1. The van der Waals surface area contributed by atoms with Crippen molar-refractivity contribution in [1.82, 2.24) is 20.1 Å². The molecule has 6 nitrogen and oxygen atoms in total. The van der Waals surface area contributed by atoms with Gasteiger partial charge in [-0.1, -0.05) is 25.1 Å². The molecule has 1 unspecified atom stereocenters. The van der Waals surface area contributed by atoms with E-state index in [0.717, 1.165) is 37.5 Å². The summed E-state index contributed by atoms with van der Waals surface area (Å²) in [4.78, 5) is 4.92. The predicted molar refractivity (Wildman–Crippen MR) is 92.6 cm³/mol. The van der Waals surface area contributed by atoms with Crippen LogP contribution in [0.4, 0.5) is 0 Å². The summed E-state index contributed by atoms with van der Waals surface area (Å²) in [5.41, 5.74) is 0. The van der Waals surface area contributed by atoms with Crippen molar-refractivity contribution >= 4 is 9.84 Å². The first-order valence-corrected chi connectivity index (χ1v) is 10.2. The Labute approximate surface area is 143 Å². The van der Waals surface area contributed by atoms with Gasteiger partial charge < -0.3 is 5.32 Å². The fourth-order valence-corrected chi connectivity index (χ4v) is 4.32. The van der Waals surface area contributed by atoms with Crippen LogP contribution < -0.4 is 5.32 Å². The fourth-order valence-electron chi connectivity index (χ4n) is 2.99. The molecule has 0 fully saturated rings. The monoisotopic (exact) mass is 348 g/mol. The Morgan fingerprint density at radius 2 is 2.08 bits per heavy atom. The van der Waals surface area contributed by atoms with Gasteiger partial charge in [-0.15, -0.1) is 0 Å². The number of aromatic nitrogens is 3. The number of rotatable bonds is 7. The third kappa shape index (κ3) is 4.02. The molecular weight excluding hydrogens is 324 g/mol. The summed E-state index contributed by atoms with van der Waals surface area (Å²) in [6.07, 6.45) is 3.41. The molecule has 2 aromatic rings. The van der Waals surface area contributed by atoms with E-state index < -0.39 is 9.84 Å². The number of benzene rings is 1. The Kier molecular flexibility index (Phi) is 5.30. The quantitative estimate of drug-likeness (QED) is 0.769. The summed E-state index contributed by atoms with van der Waals surface area (Å²) in [5, 5.41) is 7.96. The topological polar surface area (TPSA) is 76.9 Å². The minimum atomic E-state index is -3.18. The number of nitrogens with one attached hydrogen (secondary N) is 1. The maximum absolute atomic E-state index is 12.2. The van der Waals surface area contributed by atoms with Crippen LogP contribution in [0.3, 0.4) is 0 Å². The number of hydrogen-bond donors (Lipinski definition) is 1. The fraction of sp³-hybridized carbons (Fsp3) is 0.529. The molecule has 0 amide bonds. The molecule has 130 valence electrons. The van der Waals surface area contributed by atoms with Gasteiger partial charge in [0.05, 0.1) is 17.2 Å². The number of aryl methyl sites for hydroxylation is 2. The second-order valence-electron chi connectivity index (χ2n) is 6.16. The molecule has 1 aromatic heterocycles. The van der Waals surface area contributed by atoms with Crippen molar-refractivity contribution < 1.29 is 8.42 Å². The highest BCUT2D eigenvalue weighted by molar-refractivity contribution is 7.91. The second-order valence-corrected chi connectivity index (χ2v) is 8.26. The Morgan fingerprint density at radius 1 is 1.29 bits per heavy atom. The Balaban J connectivity index is 1.46. The molecule has 0 aliphatic carbocycles. The molecule has 3 rings (SSSR count). The largest absolute Gasteiger partial charge is 0.312 e. The third-order valence-corrected chi connectivity index (χ3v) is 6.16. The minimum Gasteiger partial charge on any atom is -0.312 e. The van der Waals surface area contributed by atoms with Crippen molar-refractivity contribution in [3.8, 4) is 0 Å². The van der Waals surface area contributed by atoms with Gasteiger partial charge in [0.25, 0.3) is 0 Å². The average molecular weight is 348 g/mol. The standard InChI is InChI=1S/C17H24N4O2S/c1-2-16-19-17-10-9-14(13-21(17)20-16)18-11-6-12-24(22,23)15-7-4-3-5-8-15/h3-5,7-8,14,18H,2,6,9-13H2,1H3.